The molecule has 1 fully saturated rings. The van der Waals surface area contributed by atoms with Gasteiger partial charge in [0.1, 0.15) is 6.54 Å². The summed E-state index contributed by atoms with van der Waals surface area (Å²) in [6, 6.07) is 1.42. The average Bonchev–Trinajstić information content (AvgIpc) is 2.45. The highest BCUT2D eigenvalue weighted by molar-refractivity contribution is 6.12. The number of hydrogen-bond acceptors (Lipinski definition) is 3. The van der Waals surface area contributed by atoms with Gasteiger partial charge in [-0.1, -0.05) is 0 Å². The second-order valence-electron chi connectivity index (χ2n) is 3.16. The average molecular weight is 191 g/mol. The maximum Gasteiger partial charge on any atom is 0.329 e. The molecule has 1 N–H and O–H groups in total. The summed E-state index contributed by atoms with van der Waals surface area (Å²) in [5, 5.41) is 2.21. The van der Waals surface area contributed by atoms with E-state index in [1.807, 2.05) is 13.0 Å². The van der Waals surface area contributed by atoms with E-state index in [-0.39, 0.29) is 18.5 Å². The number of carbonyl (C=O) groups excluding carboxylic acids is 2. The molecule has 1 saturated heterocycles. The first-order valence-electron chi connectivity index (χ1n) is 4.20. The van der Waals surface area contributed by atoms with Crippen LogP contribution in [0.3, 0.4) is 0 Å². The van der Waals surface area contributed by atoms with Gasteiger partial charge in [-0.2, -0.15) is 0 Å². The monoisotopic (exact) mass is 191 g/mol. The van der Waals surface area contributed by atoms with Crippen LogP contribution < -0.4 is 10.2 Å². The fraction of sp³-hybridized carbons (Fsp3) is 0.222. The highest BCUT2D eigenvalue weighted by Gasteiger charge is 2.27. The van der Waals surface area contributed by atoms with Gasteiger partial charge in [0.05, 0.1) is 11.9 Å². The maximum absolute atomic E-state index is 11.3. The van der Waals surface area contributed by atoms with Gasteiger partial charge in [-0.3, -0.25) is 20.0 Å². The minimum absolute atomic E-state index is 0.0734. The molecule has 0 aliphatic carbocycles. The SMILES string of the molecule is Cc1cncc(N2CC(=O)NC2=O)c1. The van der Waals surface area contributed by atoms with Crippen LogP contribution in [0.1, 0.15) is 5.56 Å². The van der Waals surface area contributed by atoms with Crippen LogP contribution in [0.4, 0.5) is 10.5 Å². The molecule has 0 saturated carbocycles. The number of carbonyl (C=O) groups is 2. The molecule has 0 atom stereocenters. The molecule has 0 bridgehead atoms. The number of imide groups is 1. The lowest BCUT2D eigenvalue weighted by molar-refractivity contribution is -0.117. The van der Waals surface area contributed by atoms with Crippen LogP contribution in [0.25, 0.3) is 0 Å². The van der Waals surface area contributed by atoms with E-state index >= 15 is 0 Å². The Morgan fingerprint density at radius 3 is 2.79 bits per heavy atom. The van der Waals surface area contributed by atoms with Crippen LogP contribution in [0, 0.1) is 6.92 Å². The van der Waals surface area contributed by atoms with Gasteiger partial charge < -0.3 is 0 Å². The minimum Gasteiger partial charge on any atom is -0.283 e. The van der Waals surface area contributed by atoms with Crippen LogP contribution in [0.15, 0.2) is 18.5 Å². The van der Waals surface area contributed by atoms with E-state index in [4.69, 9.17) is 0 Å². The van der Waals surface area contributed by atoms with Gasteiger partial charge in [0.2, 0.25) is 5.91 Å². The van der Waals surface area contributed by atoms with E-state index in [0.717, 1.165) is 5.56 Å². The molecular weight excluding hydrogens is 182 g/mol. The summed E-state index contributed by atoms with van der Waals surface area (Å²) in [4.78, 5) is 27.5. The number of pyridine rings is 1. The first-order chi connectivity index (χ1) is 6.66. The van der Waals surface area contributed by atoms with Gasteiger partial charge in [-0.15, -0.1) is 0 Å². The molecule has 1 aliphatic heterocycles. The van der Waals surface area contributed by atoms with Crippen molar-refractivity contribution in [1.82, 2.24) is 10.3 Å². The Kier molecular flexibility index (Phi) is 1.92. The summed E-state index contributed by atoms with van der Waals surface area (Å²) in [6.45, 7) is 1.95. The van der Waals surface area contributed by atoms with Gasteiger partial charge in [0, 0.05) is 6.20 Å². The molecular formula is C9H9N3O2. The van der Waals surface area contributed by atoms with E-state index in [1.54, 1.807) is 12.4 Å². The molecule has 14 heavy (non-hydrogen) atoms. The smallest absolute Gasteiger partial charge is 0.283 e. The third kappa shape index (κ3) is 1.44. The number of aryl methyl sites for hydroxylation is 1. The summed E-state index contributed by atoms with van der Waals surface area (Å²) in [5.74, 6) is -0.281. The Morgan fingerprint density at radius 2 is 2.21 bits per heavy atom. The Morgan fingerprint density at radius 1 is 1.43 bits per heavy atom. The summed E-state index contributed by atoms with van der Waals surface area (Å²) >= 11 is 0. The van der Waals surface area contributed by atoms with Crippen LogP contribution in [0.2, 0.25) is 0 Å². The molecule has 1 aromatic rings. The zero-order valence-corrected chi connectivity index (χ0v) is 7.65. The lowest BCUT2D eigenvalue weighted by atomic mass is 10.3. The number of nitrogens with one attached hydrogen (secondary N) is 1. The van der Waals surface area contributed by atoms with E-state index in [1.165, 1.54) is 4.90 Å². The maximum atomic E-state index is 11.3. The second-order valence-corrected chi connectivity index (χ2v) is 3.16. The quantitative estimate of drug-likeness (QED) is 0.655. The zero-order chi connectivity index (χ0) is 10.1. The fourth-order valence-electron chi connectivity index (χ4n) is 1.34. The Balaban J connectivity index is 2.31. The Hall–Kier alpha value is -1.91. The predicted octanol–water partition coefficient (Wildman–Crippen LogP) is 0.446. The fourth-order valence-corrected chi connectivity index (χ4v) is 1.34. The molecule has 72 valence electrons. The van der Waals surface area contributed by atoms with Gasteiger partial charge >= 0.3 is 6.03 Å². The number of nitrogens with zero attached hydrogens (tertiary/aromatic N) is 2. The molecule has 3 amide bonds. The molecule has 1 aromatic heterocycles. The number of amides is 3. The van der Waals surface area contributed by atoms with E-state index in [9.17, 15) is 9.59 Å². The second kappa shape index (κ2) is 3.10. The summed E-state index contributed by atoms with van der Waals surface area (Å²) in [6.07, 6.45) is 3.25. The molecule has 1 aliphatic rings. The standard InChI is InChI=1S/C9H9N3O2/c1-6-2-7(4-10-3-6)12-5-8(13)11-9(12)14/h2-4H,5H2,1H3,(H,11,13,14). The van der Waals surface area contributed by atoms with Gasteiger partial charge in [-0.05, 0) is 18.6 Å². The number of rotatable bonds is 1. The molecule has 2 heterocycles. The molecule has 2 rings (SSSR count). The van der Waals surface area contributed by atoms with E-state index in [2.05, 4.69) is 10.3 Å². The highest BCUT2D eigenvalue weighted by Crippen LogP contribution is 2.16. The van der Waals surface area contributed by atoms with Crippen molar-refractivity contribution in [2.45, 2.75) is 6.92 Å². The topological polar surface area (TPSA) is 62.3 Å². The van der Waals surface area contributed by atoms with Crippen LogP contribution >= 0.6 is 0 Å². The number of urea groups is 1. The number of anilines is 1. The van der Waals surface area contributed by atoms with Crippen LogP contribution in [-0.4, -0.2) is 23.5 Å². The Bertz CT molecular complexity index is 403. The summed E-state index contributed by atoms with van der Waals surface area (Å²) in [5.41, 5.74) is 1.60. The predicted molar refractivity (Wildman–Crippen MR) is 49.9 cm³/mol. The first kappa shape index (κ1) is 8.68. The van der Waals surface area contributed by atoms with Crippen molar-refractivity contribution in [3.8, 4) is 0 Å². The van der Waals surface area contributed by atoms with Crippen molar-refractivity contribution in [2.24, 2.45) is 0 Å². The normalized spacial score (nSPS) is 15.9. The van der Waals surface area contributed by atoms with E-state index in [0.29, 0.717) is 5.69 Å². The van der Waals surface area contributed by atoms with Gasteiger partial charge in [0.15, 0.2) is 0 Å². The minimum atomic E-state index is -0.387. The number of aromatic nitrogens is 1. The number of hydrogen-bond donors (Lipinski definition) is 1. The first-order valence-corrected chi connectivity index (χ1v) is 4.20. The highest BCUT2D eigenvalue weighted by atomic mass is 16.2. The largest absolute Gasteiger partial charge is 0.329 e. The lowest BCUT2D eigenvalue weighted by Crippen LogP contribution is -2.27. The van der Waals surface area contributed by atoms with Crippen molar-refractivity contribution >= 4 is 17.6 Å². The van der Waals surface area contributed by atoms with Crippen molar-refractivity contribution in [3.63, 3.8) is 0 Å². The van der Waals surface area contributed by atoms with Crippen LogP contribution in [0.5, 0.6) is 0 Å². The lowest BCUT2D eigenvalue weighted by Gasteiger charge is -2.12. The summed E-state index contributed by atoms with van der Waals surface area (Å²) < 4.78 is 0. The molecule has 5 heteroatoms. The van der Waals surface area contributed by atoms with Crippen LogP contribution in [-0.2, 0) is 4.79 Å². The zero-order valence-electron chi connectivity index (χ0n) is 7.65. The molecule has 0 aromatic carbocycles. The van der Waals surface area contributed by atoms with E-state index < -0.39 is 0 Å². The third-order valence-electron chi connectivity index (χ3n) is 1.97. The van der Waals surface area contributed by atoms with Gasteiger partial charge in [0.25, 0.3) is 0 Å². The third-order valence-corrected chi connectivity index (χ3v) is 1.97. The molecule has 0 radical (unpaired) electrons. The summed E-state index contributed by atoms with van der Waals surface area (Å²) in [7, 11) is 0. The van der Waals surface area contributed by atoms with Crippen molar-refractivity contribution < 1.29 is 9.59 Å². The molecule has 0 spiro atoms. The Labute approximate surface area is 80.7 Å². The van der Waals surface area contributed by atoms with Crippen molar-refractivity contribution in [1.29, 1.82) is 0 Å². The molecule has 0 unspecified atom stereocenters. The van der Waals surface area contributed by atoms with Crippen molar-refractivity contribution in [3.05, 3.63) is 24.0 Å². The van der Waals surface area contributed by atoms with Crippen molar-refractivity contribution in [2.75, 3.05) is 11.4 Å². The van der Waals surface area contributed by atoms with Gasteiger partial charge in [-0.25, -0.2) is 4.79 Å². The molecule has 5 nitrogen and oxygen atoms in total.